The summed E-state index contributed by atoms with van der Waals surface area (Å²) in [6.45, 7) is 6.21. The maximum atomic E-state index is 12.2. The van der Waals surface area contributed by atoms with Crippen LogP contribution in [-0.4, -0.2) is 28.6 Å². The van der Waals surface area contributed by atoms with E-state index in [0.29, 0.717) is 30.9 Å². The summed E-state index contributed by atoms with van der Waals surface area (Å²) < 4.78 is 5.71. The van der Waals surface area contributed by atoms with Crippen molar-refractivity contribution in [2.24, 2.45) is 5.41 Å². The van der Waals surface area contributed by atoms with Crippen LogP contribution in [0.3, 0.4) is 0 Å². The summed E-state index contributed by atoms with van der Waals surface area (Å²) in [5, 5.41) is 12.2. The molecule has 0 saturated carbocycles. The van der Waals surface area contributed by atoms with Crippen LogP contribution in [0.4, 0.5) is 0 Å². The first-order valence-corrected chi connectivity index (χ1v) is 8.30. The molecule has 1 aromatic carbocycles. The molecule has 0 aliphatic carbocycles. The Labute approximate surface area is 143 Å². The molecule has 1 aromatic heterocycles. The highest BCUT2D eigenvalue weighted by atomic mass is 16.4. The number of hydrogen-bond acceptors (Lipinski definition) is 4. The maximum Gasteiger partial charge on any atom is 0.220 e. The Hall–Kier alpha value is -2.14. The van der Waals surface area contributed by atoms with Crippen molar-refractivity contribution in [2.75, 3.05) is 6.61 Å². The number of nitrogens with one attached hydrogen (secondary N) is 1. The predicted molar refractivity (Wildman–Crippen MR) is 93.3 cm³/mol. The molecule has 1 heterocycles. The molecule has 2 rings (SSSR count). The minimum absolute atomic E-state index is 0.0529. The fourth-order valence-corrected chi connectivity index (χ4v) is 2.50. The lowest BCUT2D eigenvalue weighted by Gasteiger charge is -2.31. The summed E-state index contributed by atoms with van der Waals surface area (Å²) in [5.74, 6) is 1.21. The molecule has 2 aromatic rings. The Kier molecular flexibility index (Phi) is 6.15. The Morgan fingerprint density at radius 1 is 1.29 bits per heavy atom. The van der Waals surface area contributed by atoms with Crippen molar-refractivity contribution in [3.05, 3.63) is 42.4 Å². The highest BCUT2D eigenvalue weighted by Crippen LogP contribution is 2.22. The monoisotopic (exact) mass is 330 g/mol. The van der Waals surface area contributed by atoms with E-state index in [9.17, 15) is 4.79 Å². The van der Waals surface area contributed by atoms with E-state index >= 15 is 0 Å². The van der Waals surface area contributed by atoms with E-state index in [1.165, 1.54) is 0 Å². The van der Waals surface area contributed by atoms with Crippen LogP contribution in [0.25, 0.3) is 11.3 Å². The van der Waals surface area contributed by atoms with Crippen molar-refractivity contribution in [1.29, 1.82) is 0 Å². The zero-order valence-corrected chi connectivity index (χ0v) is 14.6. The molecule has 0 aliphatic rings. The Morgan fingerprint density at radius 3 is 2.62 bits per heavy atom. The summed E-state index contributed by atoms with van der Waals surface area (Å²) in [5.41, 5.74) is 0.873. The number of carbonyl (C=O) groups excluding carboxylic acids is 1. The zero-order valence-electron chi connectivity index (χ0n) is 14.6. The van der Waals surface area contributed by atoms with Gasteiger partial charge in [-0.3, -0.25) is 4.79 Å². The van der Waals surface area contributed by atoms with Crippen LogP contribution in [0, 0.1) is 5.41 Å². The Balaban J connectivity index is 1.89. The number of rotatable bonds is 7. The molecule has 2 N–H and O–H groups in total. The molecule has 130 valence electrons. The smallest absolute Gasteiger partial charge is 0.220 e. The second kappa shape index (κ2) is 8.11. The topological polar surface area (TPSA) is 75.4 Å². The molecule has 0 aliphatic heterocycles. The minimum Gasteiger partial charge on any atom is -0.441 e. The van der Waals surface area contributed by atoms with Gasteiger partial charge in [0.15, 0.2) is 11.7 Å². The van der Waals surface area contributed by atoms with Crippen molar-refractivity contribution >= 4 is 5.91 Å². The molecule has 5 heteroatoms. The van der Waals surface area contributed by atoms with Gasteiger partial charge < -0.3 is 14.8 Å². The maximum absolute atomic E-state index is 12.2. The van der Waals surface area contributed by atoms with Gasteiger partial charge in [-0.2, -0.15) is 0 Å². The number of carbonyl (C=O) groups is 1. The zero-order chi connectivity index (χ0) is 17.6. The van der Waals surface area contributed by atoms with Crippen LogP contribution in [0.2, 0.25) is 0 Å². The van der Waals surface area contributed by atoms with Crippen LogP contribution < -0.4 is 5.32 Å². The van der Waals surface area contributed by atoms with Crippen LogP contribution in [0.1, 0.15) is 39.5 Å². The van der Waals surface area contributed by atoms with Crippen molar-refractivity contribution in [1.82, 2.24) is 10.3 Å². The predicted octanol–water partition coefficient (Wildman–Crippen LogP) is 3.19. The number of aliphatic hydroxyl groups excluding tert-OH is 1. The second-order valence-corrected chi connectivity index (χ2v) is 6.98. The molecular formula is C19H26N2O3. The number of aliphatic hydroxyl groups is 1. The number of aromatic nitrogens is 1. The third-order valence-electron chi connectivity index (χ3n) is 3.98. The third kappa shape index (κ3) is 5.20. The lowest BCUT2D eigenvalue weighted by atomic mass is 9.85. The Bertz CT molecular complexity index is 644. The fourth-order valence-electron chi connectivity index (χ4n) is 2.50. The first-order chi connectivity index (χ1) is 11.4. The molecule has 1 amide bonds. The summed E-state index contributed by atoms with van der Waals surface area (Å²) in [4.78, 5) is 16.4. The fraction of sp³-hybridized carbons (Fsp3) is 0.474. The number of hydrogen-bond donors (Lipinski definition) is 2. The minimum atomic E-state index is -0.0954. The van der Waals surface area contributed by atoms with Gasteiger partial charge in [-0.1, -0.05) is 51.1 Å². The second-order valence-electron chi connectivity index (χ2n) is 6.98. The van der Waals surface area contributed by atoms with Crippen molar-refractivity contribution in [2.45, 2.75) is 46.1 Å². The van der Waals surface area contributed by atoms with E-state index in [4.69, 9.17) is 9.52 Å². The number of benzene rings is 1. The van der Waals surface area contributed by atoms with Crippen molar-refractivity contribution in [3.63, 3.8) is 0 Å². The molecule has 0 saturated heterocycles. The largest absolute Gasteiger partial charge is 0.441 e. The van der Waals surface area contributed by atoms with Crippen LogP contribution in [0.5, 0.6) is 0 Å². The van der Waals surface area contributed by atoms with E-state index in [0.717, 1.165) is 5.56 Å². The van der Waals surface area contributed by atoms with E-state index < -0.39 is 0 Å². The van der Waals surface area contributed by atoms with E-state index in [1.54, 1.807) is 6.20 Å². The first kappa shape index (κ1) is 18.2. The summed E-state index contributed by atoms with van der Waals surface area (Å²) in [7, 11) is 0. The highest BCUT2D eigenvalue weighted by molar-refractivity contribution is 5.76. The Morgan fingerprint density at radius 2 is 2.00 bits per heavy atom. The lowest BCUT2D eigenvalue weighted by Crippen LogP contribution is -2.44. The molecule has 0 fully saturated rings. The van der Waals surface area contributed by atoms with Gasteiger partial charge in [0.05, 0.1) is 6.20 Å². The molecule has 1 unspecified atom stereocenters. The molecule has 24 heavy (non-hydrogen) atoms. The average molecular weight is 330 g/mol. The summed E-state index contributed by atoms with van der Waals surface area (Å²) in [6.07, 6.45) is 3.00. The van der Waals surface area contributed by atoms with Gasteiger partial charge >= 0.3 is 0 Å². The number of oxazole rings is 1. The number of amides is 1. The van der Waals surface area contributed by atoms with Crippen molar-refractivity contribution in [3.8, 4) is 11.3 Å². The van der Waals surface area contributed by atoms with Gasteiger partial charge in [0.1, 0.15) is 0 Å². The van der Waals surface area contributed by atoms with Crippen LogP contribution >= 0.6 is 0 Å². The van der Waals surface area contributed by atoms with Crippen LogP contribution in [-0.2, 0) is 11.2 Å². The quantitative estimate of drug-likeness (QED) is 0.817. The molecular weight excluding hydrogens is 304 g/mol. The van der Waals surface area contributed by atoms with Gasteiger partial charge in [0.25, 0.3) is 0 Å². The summed E-state index contributed by atoms with van der Waals surface area (Å²) >= 11 is 0. The first-order valence-electron chi connectivity index (χ1n) is 8.30. The average Bonchev–Trinajstić information content (AvgIpc) is 3.01. The van der Waals surface area contributed by atoms with Gasteiger partial charge in [-0.25, -0.2) is 4.98 Å². The normalized spacial score (nSPS) is 12.8. The SMILES string of the molecule is CC(C)(C)C(CCO)NC(=O)CCc1ncc(-c2ccccc2)o1. The third-order valence-corrected chi connectivity index (χ3v) is 3.98. The molecule has 0 spiro atoms. The van der Waals surface area contributed by atoms with Gasteiger partial charge in [-0.15, -0.1) is 0 Å². The molecule has 5 nitrogen and oxygen atoms in total. The molecule has 0 radical (unpaired) electrons. The molecule has 1 atom stereocenters. The van der Waals surface area contributed by atoms with Gasteiger partial charge in [0.2, 0.25) is 5.91 Å². The number of aryl methyl sites for hydroxylation is 1. The van der Waals surface area contributed by atoms with E-state index in [-0.39, 0.29) is 24.0 Å². The van der Waals surface area contributed by atoms with Gasteiger partial charge in [0, 0.05) is 31.1 Å². The number of nitrogens with zero attached hydrogens (tertiary/aromatic N) is 1. The molecule has 0 bridgehead atoms. The highest BCUT2D eigenvalue weighted by Gasteiger charge is 2.25. The van der Waals surface area contributed by atoms with E-state index in [2.05, 4.69) is 10.3 Å². The van der Waals surface area contributed by atoms with Crippen molar-refractivity contribution < 1.29 is 14.3 Å². The summed E-state index contributed by atoms with van der Waals surface area (Å²) in [6, 6.07) is 9.69. The van der Waals surface area contributed by atoms with Crippen LogP contribution in [0.15, 0.2) is 40.9 Å². The standard InChI is InChI=1S/C19H26N2O3/c1-19(2,3)16(11-12-22)21-17(23)9-10-18-20-13-15(24-18)14-7-5-4-6-8-14/h4-8,13,16,22H,9-12H2,1-3H3,(H,21,23). The van der Waals surface area contributed by atoms with E-state index in [1.807, 2.05) is 51.1 Å². The van der Waals surface area contributed by atoms with Gasteiger partial charge in [-0.05, 0) is 11.8 Å². The lowest BCUT2D eigenvalue weighted by molar-refractivity contribution is -0.122.